The van der Waals surface area contributed by atoms with Gasteiger partial charge in [-0.15, -0.1) is 0 Å². The molecule has 1 aliphatic rings. The summed E-state index contributed by atoms with van der Waals surface area (Å²) in [7, 11) is 9.87. The third kappa shape index (κ3) is 5.50. The van der Waals surface area contributed by atoms with Gasteiger partial charge in [-0.2, -0.15) is 0 Å². The summed E-state index contributed by atoms with van der Waals surface area (Å²) in [5.74, 6) is 0.392. The predicted octanol–water partition coefficient (Wildman–Crippen LogP) is 5.04. The fraction of sp³-hybridized carbons (Fsp3) is 0.533. The van der Waals surface area contributed by atoms with Crippen LogP contribution in [-0.4, -0.2) is 17.4 Å². The summed E-state index contributed by atoms with van der Waals surface area (Å²) in [5.41, 5.74) is 1.86. The number of benzene rings is 1. The number of aliphatic imine (C=N–C) groups is 1. The quantitative estimate of drug-likeness (QED) is 0.715. The van der Waals surface area contributed by atoms with E-state index in [1.807, 2.05) is 24.4 Å². The summed E-state index contributed by atoms with van der Waals surface area (Å²) < 4.78 is 0. The van der Waals surface area contributed by atoms with Crippen LogP contribution in [0.3, 0.4) is 0 Å². The first-order valence-corrected chi connectivity index (χ1v) is 13.1. The molecule has 0 amide bonds. The second-order valence-electron chi connectivity index (χ2n) is 5.56. The summed E-state index contributed by atoms with van der Waals surface area (Å²) in [6, 6.07) is 6.43. The van der Waals surface area contributed by atoms with E-state index in [2.05, 4.69) is 25.8 Å². The molecule has 0 radical (unpaired) electrons. The molecule has 1 aromatic rings. The van der Waals surface area contributed by atoms with Gasteiger partial charge in [0.05, 0.1) is 6.04 Å². The van der Waals surface area contributed by atoms with Crippen molar-refractivity contribution in [1.82, 2.24) is 0 Å². The summed E-state index contributed by atoms with van der Waals surface area (Å²) in [6.45, 7) is 6.46. The first kappa shape index (κ1) is 18.2. The van der Waals surface area contributed by atoms with E-state index in [1.54, 1.807) is 0 Å². The minimum absolute atomic E-state index is 0.00745. The van der Waals surface area contributed by atoms with Crippen molar-refractivity contribution in [1.29, 1.82) is 0 Å². The number of phenolic OH excluding ortho intramolecular Hbond substituents is 1. The average molecular weight is 393 g/mol. The van der Waals surface area contributed by atoms with Gasteiger partial charge in [0.15, 0.2) is 0 Å². The van der Waals surface area contributed by atoms with E-state index >= 15 is 0 Å². The van der Waals surface area contributed by atoms with E-state index < -0.39 is 20.8 Å². The fourth-order valence-electron chi connectivity index (χ4n) is 1.81. The zero-order valence-corrected chi connectivity index (χ0v) is 16.1. The Labute approximate surface area is 140 Å². The Morgan fingerprint density at radius 2 is 2.00 bits per heavy atom. The monoisotopic (exact) mass is 391 g/mol. The van der Waals surface area contributed by atoms with E-state index in [0.29, 0.717) is 11.8 Å². The fourth-order valence-corrected chi connectivity index (χ4v) is 1.81. The van der Waals surface area contributed by atoms with Crippen LogP contribution in [0.4, 0.5) is 0 Å². The molecule has 0 saturated heterocycles. The van der Waals surface area contributed by atoms with Gasteiger partial charge in [-0.05, 0) is 30.7 Å². The molecule has 20 heavy (non-hydrogen) atoms. The first-order valence-electron chi connectivity index (χ1n) is 6.78. The number of halogens is 2. The SMILES string of the molecule is CCC(C)(C)c1cccc(C=NC2CC2)c1O.[Cl][Zr][Cl]. The summed E-state index contributed by atoms with van der Waals surface area (Å²) in [6.07, 6.45) is 5.21. The molecule has 110 valence electrons. The summed E-state index contributed by atoms with van der Waals surface area (Å²) in [5, 5.41) is 10.3. The van der Waals surface area contributed by atoms with Gasteiger partial charge in [0.25, 0.3) is 0 Å². The number of hydrogen-bond acceptors (Lipinski definition) is 2. The summed E-state index contributed by atoms with van der Waals surface area (Å²) >= 11 is -0.826. The van der Waals surface area contributed by atoms with Gasteiger partial charge in [0.2, 0.25) is 0 Å². The Bertz CT molecular complexity index is 459. The van der Waals surface area contributed by atoms with Gasteiger partial charge in [0.1, 0.15) is 5.75 Å². The van der Waals surface area contributed by atoms with E-state index in [0.717, 1.165) is 17.5 Å². The van der Waals surface area contributed by atoms with Crippen molar-refractivity contribution < 1.29 is 26.0 Å². The van der Waals surface area contributed by atoms with Crippen LogP contribution in [0.5, 0.6) is 5.75 Å². The molecule has 0 spiro atoms. The van der Waals surface area contributed by atoms with Gasteiger partial charge in [-0.1, -0.05) is 32.9 Å². The Balaban J connectivity index is 0.000000612. The Hall–Kier alpha value is 0.153. The molecule has 1 fully saturated rings. The Morgan fingerprint density at radius 1 is 1.40 bits per heavy atom. The number of aromatic hydroxyl groups is 1. The zero-order chi connectivity index (χ0) is 15.2. The van der Waals surface area contributed by atoms with Crippen LogP contribution < -0.4 is 0 Å². The third-order valence-electron chi connectivity index (χ3n) is 3.65. The molecule has 1 aromatic carbocycles. The standard InChI is InChI=1S/C15H21NO.2ClH.Zr/c1-4-15(2,3)13-7-5-6-11(14(13)17)10-16-12-8-9-12;;;/h5-7,10,12,17H,4,8-9H2,1-3H3;2*1H;/q;;;+2/p-2. The maximum absolute atomic E-state index is 10.3. The molecule has 1 N–H and O–H groups in total. The van der Waals surface area contributed by atoms with Gasteiger partial charge in [-0.25, -0.2) is 0 Å². The molecule has 0 unspecified atom stereocenters. The van der Waals surface area contributed by atoms with Crippen molar-refractivity contribution in [3.63, 3.8) is 0 Å². The molecule has 2 rings (SSSR count). The molecule has 1 saturated carbocycles. The predicted molar refractivity (Wildman–Crippen MR) is 83.7 cm³/mol. The molecule has 5 heteroatoms. The van der Waals surface area contributed by atoms with E-state index in [4.69, 9.17) is 17.0 Å². The number of hydrogen-bond donors (Lipinski definition) is 1. The molecule has 2 nitrogen and oxygen atoms in total. The second-order valence-corrected chi connectivity index (χ2v) is 9.29. The Morgan fingerprint density at radius 3 is 2.50 bits per heavy atom. The zero-order valence-electron chi connectivity index (χ0n) is 12.2. The van der Waals surface area contributed by atoms with Crippen molar-refractivity contribution in [2.75, 3.05) is 0 Å². The van der Waals surface area contributed by atoms with Crippen molar-refractivity contribution >= 4 is 23.2 Å². The second kappa shape index (κ2) is 8.56. The average Bonchev–Trinajstić information content (AvgIpc) is 3.22. The van der Waals surface area contributed by atoms with E-state index in [9.17, 15) is 5.11 Å². The molecule has 0 bridgehead atoms. The maximum atomic E-state index is 10.3. The normalized spacial score (nSPS) is 14.8. The first-order chi connectivity index (χ1) is 9.46. The van der Waals surface area contributed by atoms with Crippen LogP contribution in [-0.2, 0) is 26.3 Å². The van der Waals surface area contributed by atoms with Gasteiger partial charge in [-0.3, -0.25) is 4.99 Å². The van der Waals surface area contributed by atoms with Crippen LogP contribution in [0.1, 0.15) is 51.2 Å². The topological polar surface area (TPSA) is 32.6 Å². The molecular weight excluding hydrogens is 372 g/mol. The molecular formula is C15H21Cl2NOZr. The summed E-state index contributed by atoms with van der Waals surface area (Å²) in [4.78, 5) is 4.43. The molecule has 0 aliphatic heterocycles. The third-order valence-corrected chi connectivity index (χ3v) is 3.65. The number of phenols is 1. The van der Waals surface area contributed by atoms with Crippen molar-refractivity contribution in [2.24, 2.45) is 4.99 Å². The van der Waals surface area contributed by atoms with Gasteiger partial charge >= 0.3 is 37.9 Å². The molecule has 0 atom stereocenters. The van der Waals surface area contributed by atoms with Gasteiger partial charge in [0, 0.05) is 17.3 Å². The molecule has 0 heterocycles. The number of para-hydroxylation sites is 1. The van der Waals surface area contributed by atoms with Crippen molar-refractivity contribution in [3.8, 4) is 5.75 Å². The molecule has 1 aliphatic carbocycles. The number of nitrogens with zero attached hydrogens (tertiary/aromatic N) is 1. The van der Waals surface area contributed by atoms with E-state index in [-0.39, 0.29) is 5.41 Å². The van der Waals surface area contributed by atoms with Crippen LogP contribution >= 0.6 is 17.0 Å². The van der Waals surface area contributed by atoms with Crippen LogP contribution in [0.15, 0.2) is 23.2 Å². The van der Waals surface area contributed by atoms with Crippen LogP contribution in [0.25, 0.3) is 0 Å². The van der Waals surface area contributed by atoms with Crippen molar-refractivity contribution in [3.05, 3.63) is 29.3 Å². The van der Waals surface area contributed by atoms with E-state index in [1.165, 1.54) is 12.8 Å². The number of rotatable bonds is 4. The van der Waals surface area contributed by atoms with Gasteiger partial charge < -0.3 is 5.11 Å². The van der Waals surface area contributed by atoms with Crippen LogP contribution in [0, 0.1) is 0 Å². The van der Waals surface area contributed by atoms with Crippen LogP contribution in [0.2, 0.25) is 0 Å². The van der Waals surface area contributed by atoms with Crippen molar-refractivity contribution in [2.45, 2.75) is 51.5 Å². The molecule has 0 aromatic heterocycles. The minimum atomic E-state index is -0.826. The Kier molecular flexibility index (Phi) is 7.79.